The fourth-order valence-electron chi connectivity index (χ4n) is 2.29. The highest BCUT2D eigenvalue weighted by atomic mass is 32.2. The first-order chi connectivity index (χ1) is 9.19. The molecule has 2 rings (SSSR count). The predicted molar refractivity (Wildman–Crippen MR) is 78.7 cm³/mol. The molecule has 108 valence electrons. The molecule has 0 radical (unpaired) electrons. The van der Waals surface area contributed by atoms with Crippen molar-refractivity contribution in [2.45, 2.75) is 45.2 Å². The summed E-state index contributed by atoms with van der Waals surface area (Å²) in [5, 5.41) is 4.50. The van der Waals surface area contributed by atoms with Gasteiger partial charge in [-0.1, -0.05) is 11.8 Å². The second-order valence-corrected chi connectivity index (χ2v) is 6.12. The van der Waals surface area contributed by atoms with Crippen LogP contribution in [0, 0.1) is 0 Å². The number of nitrogens with one attached hydrogen (secondary N) is 1. The van der Waals surface area contributed by atoms with Crippen molar-refractivity contribution in [3.05, 3.63) is 0 Å². The zero-order valence-corrected chi connectivity index (χ0v) is 12.5. The Hall–Kier alpha value is -0.910. The van der Waals surface area contributed by atoms with Gasteiger partial charge >= 0.3 is 6.09 Å². The van der Waals surface area contributed by atoms with E-state index in [9.17, 15) is 4.79 Å². The van der Waals surface area contributed by atoms with Crippen LogP contribution in [0.1, 0.15) is 33.1 Å². The fraction of sp³-hybridized carbons (Fsp3) is 0.846. The molecule has 6 heteroatoms. The number of ether oxygens (including phenoxy) is 1. The number of hydrogen-bond donors (Lipinski definition) is 1. The van der Waals surface area contributed by atoms with Crippen molar-refractivity contribution >= 4 is 23.0 Å². The zero-order chi connectivity index (χ0) is 13.7. The van der Waals surface area contributed by atoms with E-state index in [0.29, 0.717) is 18.7 Å². The lowest BCUT2D eigenvalue weighted by molar-refractivity contribution is 0.0975. The second-order valence-electron chi connectivity index (χ2n) is 5.03. The van der Waals surface area contributed by atoms with Gasteiger partial charge in [-0.2, -0.15) is 0 Å². The number of piperidine rings is 1. The molecule has 0 saturated carbocycles. The number of hydrogen-bond acceptors (Lipinski definition) is 4. The molecule has 0 aromatic carbocycles. The van der Waals surface area contributed by atoms with Crippen LogP contribution in [0.5, 0.6) is 0 Å². The Morgan fingerprint density at radius 2 is 2.21 bits per heavy atom. The third-order valence-electron chi connectivity index (χ3n) is 3.45. The monoisotopic (exact) mass is 285 g/mol. The van der Waals surface area contributed by atoms with E-state index in [1.54, 1.807) is 4.90 Å². The quantitative estimate of drug-likeness (QED) is 0.844. The van der Waals surface area contributed by atoms with Crippen molar-refractivity contribution < 1.29 is 9.53 Å². The van der Waals surface area contributed by atoms with E-state index in [-0.39, 0.29) is 6.09 Å². The molecule has 19 heavy (non-hydrogen) atoms. The summed E-state index contributed by atoms with van der Waals surface area (Å²) in [4.78, 5) is 18.1. The first kappa shape index (κ1) is 14.5. The van der Waals surface area contributed by atoms with E-state index < -0.39 is 0 Å². The van der Waals surface area contributed by atoms with Gasteiger partial charge in [0.15, 0.2) is 5.17 Å². The van der Waals surface area contributed by atoms with Crippen LogP contribution in [0.2, 0.25) is 0 Å². The molecule has 5 nitrogen and oxygen atoms in total. The fourth-order valence-corrected chi connectivity index (χ4v) is 3.46. The maximum absolute atomic E-state index is 11.6. The molecule has 0 spiro atoms. The summed E-state index contributed by atoms with van der Waals surface area (Å²) >= 11 is 1.81. The third kappa shape index (κ3) is 4.30. The smallest absolute Gasteiger partial charge is 0.409 e. The minimum atomic E-state index is -0.188. The van der Waals surface area contributed by atoms with Crippen molar-refractivity contribution in [1.82, 2.24) is 10.2 Å². The Bertz CT molecular complexity index is 341. The minimum absolute atomic E-state index is 0.188. The molecule has 0 aromatic heterocycles. The molecule has 1 atom stereocenters. The Morgan fingerprint density at radius 3 is 2.84 bits per heavy atom. The average molecular weight is 285 g/mol. The lowest BCUT2D eigenvalue weighted by Crippen LogP contribution is -2.41. The van der Waals surface area contributed by atoms with Gasteiger partial charge in [0.2, 0.25) is 0 Å². The lowest BCUT2D eigenvalue weighted by Gasteiger charge is -2.30. The van der Waals surface area contributed by atoms with Crippen LogP contribution in [0.4, 0.5) is 4.79 Å². The van der Waals surface area contributed by atoms with Gasteiger partial charge in [0.25, 0.3) is 0 Å². The standard InChI is InChI=1S/C13H23N3O2S/c1-3-18-13(17)16-7-4-11(5-8-16)15-12-14-10(2)6-9-19-12/h10-11H,3-9H2,1-2H3,(H,14,15). The number of aliphatic imine (C=N–C) groups is 1. The van der Waals surface area contributed by atoms with Gasteiger partial charge in [-0.25, -0.2) is 4.79 Å². The van der Waals surface area contributed by atoms with Crippen molar-refractivity contribution in [3.8, 4) is 0 Å². The zero-order valence-electron chi connectivity index (χ0n) is 11.7. The number of rotatable bonds is 2. The van der Waals surface area contributed by atoms with E-state index in [0.717, 1.165) is 36.9 Å². The number of nitrogens with zero attached hydrogens (tertiary/aromatic N) is 2. The van der Waals surface area contributed by atoms with Gasteiger partial charge in [0, 0.05) is 24.9 Å². The van der Waals surface area contributed by atoms with Crippen LogP contribution in [-0.4, -0.2) is 53.7 Å². The Kier molecular flexibility index (Phi) is 5.36. The van der Waals surface area contributed by atoms with Crippen LogP contribution < -0.4 is 5.32 Å². The van der Waals surface area contributed by atoms with E-state index >= 15 is 0 Å². The maximum atomic E-state index is 11.6. The molecule has 0 aromatic rings. The van der Waals surface area contributed by atoms with Crippen LogP contribution >= 0.6 is 11.8 Å². The third-order valence-corrected chi connectivity index (χ3v) is 4.39. The molecule has 2 aliphatic rings. The van der Waals surface area contributed by atoms with E-state index in [4.69, 9.17) is 9.73 Å². The molecule has 2 saturated heterocycles. The molecular weight excluding hydrogens is 262 g/mol. The topological polar surface area (TPSA) is 53.9 Å². The molecule has 2 aliphatic heterocycles. The summed E-state index contributed by atoms with van der Waals surface area (Å²) in [6.07, 6.45) is 2.87. The van der Waals surface area contributed by atoms with Gasteiger partial charge in [-0.15, -0.1) is 0 Å². The Labute approximate surface area is 119 Å². The normalized spacial score (nSPS) is 27.2. The SMILES string of the molecule is CCOC(=O)N1CCC(N=C2NC(C)CCS2)CC1. The van der Waals surface area contributed by atoms with Crippen LogP contribution in [0.15, 0.2) is 4.99 Å². The Balaban J connectivity index is 1.79. The van der Waals surface area contributed by atoms with Crippen LogP contribution in [-0.2, 0) is 4.74 Å². The van der Waals surface area contributed by atoms with E-state index in [1.165, 1.54) is 6.42 Å². The van der Waals surface area contributed by atoms with Crippen molar-refractivity contribution in [3.63, 3.8) is 0 Å². The van der Waals surface area contributed by atoms with Gasteiger partial charge in [-0.05, 0) is 33.1 Å². The number of carbonyl (C=O) groups excluding carboxylic acids is 1. The lowest BCUT2D eigenvalue weighted by atomic mass is 10.1. The molecule has 0 bridgehead atoms. The number of amidine groups is 1. The first-order valence-corrected chi connectivity index (χ1v) is 8.06. The number of likely N-dealkylation sites (tertiary alicyclic amines) is 1. The Morgan fingerprint density at radius 1 is 1.47 bits per heavy atom. The molecule has 2 fully saturated rings. The van der Waals surface area contributed by atoms with Crippen molar-refractivity contribution in [1.29, 1.82) is 0 Å². The summed E-state index contributed by atoms with van der Waals surface area (Å²) in [7, 11) is 0. The number of thioether (sulfide) groups is 1. The van der Waals surface area contributed by atoms with Crippen LogP contribution in [0.25, 0.3) is 0 Å². The molecule has 1 unspecified atom stereocenters. The molecule has 2 heterocycles. The maximum Gasteiger partial charge on any atom is 0.409 e. The predicted octanol–water partition coefficient (Wildman–Crippen LogP) is 2.08. The van der Waals surface area contributed by atoms with Gasteiger partial charge < -0.3 is 15.0 Å². The largest absolute Gasteiger partial charge is 0.450 e. The minimum Gasteiger partial charge on any atom is -0.450 e. The van der Waals surface area contributed by atoms with Gasteiger partial charge in [0.1, 0.15) is 0 Å². The first-order valence-electron chi connectivity index (χ1n) is 7.08. The highest BCUT2D eigenvalue weighted by Crippen LogP contribution is 2.19. The summed E-state index contributed by atoms with van der Waals surface area (Å²) in [5.74, 6) is 1.15. The number of carbonyl (C=O) groups is 1. The molecule has 1 N–H and O–H groups in total. The summed E-state index contributed by atoms with van der Waals surface area (Å²) in [6.45, 7) is 5.98. The van der Waals surface area contributed by atoms with E-state index in [1.807, 2.05) is 18.7 Å². The highest BCUT2D eigenvalue weighted by molar-refractivity contribution is 8.13. The summed E-state index contributed by atoms with van der Waals surface area (Å²) in [6, 6.07) is 0.866. The highest BCUT2D eigenvalue weighted by Gasteiger charge is 2.24. The average Bonchev–Trinajstić information content (AvgIpc) is 2.40. The van der Waals surface area contributed by atoms with Crippen molar-refractivity contribution in [2.24, 2.45) is 4.99 Å². The van der Waals surface area contributed by atoms with Crippen molar-refractivity contribution in [2.75, 3.05) is 25.4 Å². The second kappa shape index (κ2) is 7.03. The van der Waals surface area contributed by atoms with Crippen LogP contribution in [0.3, 0.4) is 0 Å². The van der Waals surface area contributed by atoms with E-state index in [2.05, 4.69) is 12.2 Å². The number of amides is 1. The van der Waals surface area contributed by atoms with Gasteiger partial charge in [-0.3, -0.25) is 4.99 Å². The summed E-state index contributed by atoms with van der Waals surface area (Å²) < 4.78 is 5.02. The summed E-state index contributed by atoms with van der Waals surface area (Å²) in [5.41, 5.74) is 0. The van der Waals surface area contributed by atoms with Gasteiger partial charge in [0.05, 0.1) is 12.6 Å². The molecular formula is C13H23N3O2S. The molecule has 1 amide bonds. The molecule has 0 aliphatic carbocycles.